The number of pyridine rings is 1. The molecule has 228 valence electrons. The Morgan fingerprint density at radius 2 is 1.95 bits per heavy atom. The van der Waals surface area contributed by atoms with E-state index in [2.05, 4.69) is 36.0 Å². The lowest BCUT2D eigenvalue weighted by atomic mass is 9.95. The zero-order valence-corrected chi connectivity index (χ0v) is 24.8. The van der Waals surface area contributed by atoms with E-state index in [-0.39, 0.29) is 34.1 Å². The van der Waals surface area contributed by atoms with Gasteiger partial charge in [-0.05, 0) is 54.8 Å². The first-order valence-corrected chi connectivity index (χ1v) is 14.1. The number of carbonyl (C=O) groups is 3. The van der Waals surface area contributed by atoms with Crippen LogP contribution in [-0.4, -0.2) is 52.1 Å². The van der Waals surface area contributed by atoms with Crippen LogP contribution in [0.15, 0.2) is 54.7 Å². The summed E-state index contributed by atoms with van der Waals surface area (Å²) >= 11 is 5.94. The molecule has 1 aliphatic heterocycles. The van der Waals surface area contributed by atoms with Crippen molar-refractivity contribution in [2.45, 2.75) is 32.2 Å². The lowest BCUT2D eigenvalue weighted by Gasteiger charge is -2.22. The number of anilines is 2. The fourth-order valence-electron chi connectivity index (χ4n) is 4.90. The predicted molar refractivity (Wildman–Crippen MR) is 160 cm³/mol. The van der Waals surface area contributed by atoms with Gasteiger partial charge in [-0.1, -0.05) is 42.3 Å². The van der Waals surface area contributed by atoms with Crippen LogP contribution < -0.4 is 20.7 Å². The Morgan fingerprint density at radius 1 is 1.14 bits per heavy atom. The van der Waals surface area contributed by atoms with Crippen molar-refractivity contribution in [2.75, 3.05) is 24.9 Å². The average Bonchev–Trinajstić information content (AvgIpc) is 3.45. The lowest BCUT2D eigenvalue weighted by molar-refractivity contribution is -0.119. The van der Waals surface area contributed by atoms with E-state index >= 15 is 0 Å². The monoisotopic (exact) mass is 621 g/mol. The summed E-state index contributed by atoms with van der Waals surface area (Å²) in [4.78, 5) is 43.0. The molecule has 14 heteroatoms. The number of halogens is 2. The molecule has 2 atom stereocenters. The number of hydrogen-bond donors (Lipinski definition) is 3. The van der Waals surface area contributed by atoms with E-state index in [4.69, 9.17) is 16.3 Å². The van der Waals surface area contributed by atoms with Crippen molar-refractivity contribution in [3.8, 4) is 22.7 Å². The summed E-state index contributed by atoms with van der Waals surface area (Å²) < 4.78 is 25.9. The predicted octanol–water partition coefficient (Wildman–Crippen LogP) is 5.54. The van der Waals surface area contributed by atoms with Crippen LogP contribution in [0, 0.1) is 11.7 Å². The summed E-state index contributed by atoms with van der Waals surface area (Å²) in [6, 6.07) is 12.5. The minimum atomic E-state index is -0.740. The van der Waals surface area contributed by atoms with Crippen LogP contribution in [-0.2, 0) is 9.53 Å². The van der Waals surface area contributed by atoms with Gasteiger partial charge < -0.3 is 20.1 Å². The van der Waals surface area contributed by atoms with Gasteiger partial charge >= 0.3 is 6.09 Å². The van der Waals surface area contributed by atoms with Gasteiger partial charge in [-0.15, -0.1) is 5.10 Å². The van der Waals surface area contributed by atoms with Crippen LogP contribution in [0.1, 0.15) is 48.4 Å². The van der Waals surface area contributed by atoms with Crippen molar-refractivity contribution in [3.05, 3.63) is 77.0 Å². The van der Waals surface area contributed by atoms with Crippen LogP contribution in [0.3, 0.4) is 0 Å². The number of hydrogen-bond acceptors (Lipinski definition) is 8. The number of benzene rings is 2. The lowest BCUT2D eigenvalue weighted by Crippen LogP contribution is -2.30. The number of nitrogens with one attached hydrogen (secondary N) is 3. The maximum Gasteiger partial charge on any atom is 0.411 e. The van der Waals surface area contributed by atoms with E-state index in [1.165, 1.54) is 26.4 Å². The smallest absolute Gasteiger partial charge is 0.411 e. The minimum Gasteiger partial charge on any atom is -0.479 e. The van der Waals surface area contributed by atoms with Crippen molar-refractivity contribution in [1.82, 2.24) is 25.3 Å². The number of ether oxygens (including phenoxy) is 2. The summed E-state index contributed by atoms with van der Waals surface area (Å²) in [6.07, 6.45) is 2.55. The third kappa shape index (κ3) is 6.32. The molecule has 0 saturated carbocycles. The highest BCUT2D eigenvalue weighted by atomic mass is 35.5. The van der Waals surface area contributed by atoms with Crippen molar-refractivity contribution >= 4 is 40.9 Å². The topological polar surface area (TPSA) is 149 Å². The van der Waals surface area contributed by atoms with Crippen molar-refractivity contribution in [3.63, 3.8) is 0 Å². The van der Waals surface area contributed by atoms with E-state index in [1.807, 2.05) is 13.0 Å². The minimum absolute atomic E-state index is 0.0304. The number of rotatable bonds is 5. The third-order valence-corrected chi connectivity index (χ3v) is 7.53. The standard InChI is InChI=1S/C30H29ClFN7O5/c1-16-6-4-8-21(35-28(41)26-29(43-2)39(38-37-26)24-9-5-7-20(31)25(24)32)23-14-17(12-13-33-23)19-11-10-18(34-30(42)44-3)15-22(19)36-27(16)40/h5,7,9-16,21H,4,6,8H2,1-3H3,(H,34,42)(H,35,41)(H,36,40)/t16-,21+/m1/s1. The van der Waals surface area contributed by atoms with Gasteiger partial charge in [0.1, 0.15) is 5.69 Å². The number of methoxy groups -OCH3 is 2. The highest BCUT2D eigenvalue weighted by Gasteiger charge is 2.27. The fourth-order valence-corrected chi connectivity index (χ4v) is 5.07. The molecule has 3 heterocycles. The van der Waals surface area contributed by atoms with E-state index in [1.54, 1.807) is 36.5 Å². The molecule has 0 saturated heterocycles. The van der Waals surface area contributed by atoms with Crippen molar-refractivity contribution in [1.29, 1.82) is 0 Å². The van der Waals surface area contributed by atoms with Crippen LogP contribution in [0.5, 0.6) is 5.88 Å². The zero-order chi connectivity index (χ0) is 31.4. The SMILES string of the molecule is COC(=O)Nc1ccc2c(c1)NC(=O)[C@H](C)CCC[C@H](NC(=O)c1nnn(-c3cccc(Cl)c3F)c1OC)c1cc-2ccn1. The Hall–Kier alpha value is -5.04. The van der Waals surface area contributed by atoms with Gasteiger partial charge in [-0.3, -0.25) is 19.9 Å². The number of fused-ring (bicyclic) bond motifs is 4. The zero-order valence-electron chi connectivity index (χ0n) is 24.1. The van der Waals surface area contributed by atoms with E-state index in [0.717, 1.165) is 10.2 Å². The summed E-state index contributed by atoms with van der Waals surface area (Å²) in [5.74, 6) is -1.96. The first kappa shape index (κ1) is 30.4. The number of aromatic nitrogens is 4. The first-order chi connectivity index (χ1) is 21.2. The summed E-state index contributed by atoms with van der Waals surface area (Å²) in [6.45, 7) is 1.82. The number of amides is 3. The van der Waals surface area contributed by atoms with Gasteiger partial charge in [0.2, 0.25) is 11.6 Å². The summed E-state index contributed by atoms with van der Waals surface area (Å²) in [5, 5.41) is 16.4. The second kappa shape index (κ2) is 13.1. The largest absolute Gasteiger partial charge is 0.479 e. The molecule has 4 aromatic rings. The average molecular weight is 622 g/mol. The molecule has 2 aromatic carbocycles. The molecule has 3 amide bonds. The Balaban J connectivity index is 1.50. The highest BCUT2D eigenvalue weighted by molar-refractivity contribution is 6.30. The van der Waals surface area contributed by atoms with Gasteiger partial charge in [0.05, 0.1) is 36.7 Å². The molecule has 3 N–H and O–H groups in total. The molecule has 1 aliphatic rings. The Kier molecular flexibility index (Phi) is 9.04. The number of nitrogens with zero attached hydrogens (tertiary/aromatic N) is 4. The normalized spacial score (nSPS) is 16.4. The van der Waals surface area contributed by atoms with Gasteiger partial charge in [0, 0.05) is 23.4 Å². The van der Waals surface area contributed by atoms with E-state index in [0.29, 0.717) is 41.9 Å². The molecule has 44 heavy (non-hydrogen) atoms. The highest BCUT2D eigenvalue weighted by Crippen LogP contribution is 2.34. The van der Waals surface area contributed by atoms with Gasteiger partial charge in [-0.25, -0.2) is 9.18 Å². The van der Waals surface area contributed by atoms with Crippen LogP contribution in [0.25, 0.3) is 16.8 Å². The van der Waals surface area contributed by atoms with Crippen LogP contribution in [0.2, 0.25) is 5.02 Å². The van der Waals surface area contributed by atoms with Crippen molar-refractivity contribution < 1.29 is 28.2 Å². The van der Waals surface area contributed by atoms with Gasteiger partial charge in [0.25, 0.3) is 11.8 Å². The van der Waals surface area contributed by atoms with Crippen LogP contribution in [0.4, 0.5) is 20.6 Å². The first-order valence-electron chi connectivity index (χ1n) is 13.7. The maximum absolute atomic E-state index is 14.7. The molecule has 5 rings (SSSR count). The molecule has 0 radical (unpaired) electrons. The van der Waals surface area contributed by atoms with E-state index < -0.39 is 23.9 Å². The molecule has 0 aliphatic carbocycles. The molecule has 0 unspecified atom stereocenters. The second-order valence-corrected chi connectivity index (χ2v) is 10.5. The van der Waals surface area contributed by atoms with Gasteiger partial charge in [-0.2, -0.15) is 4.68 Å². The maximum atomic E-state index is 14.7. The van der Waals surface area contributed by atoms with Gasteiger partial charge in [0.15, 0.2) is 5.82 Å². The molecule has 12 nitrogen and oxygen atoms in total. The fraction of sp³-hybridized carbons (Fsp3) is 0.267. The summed E-state index contributed by atoms with van der Waals surface area (Å²) in [7, 11) is 2.59. The Morgan fingerprint density at radius 3 is 2.73 bits per heavy atom. The summed E-state index contributed by atoms with van der Waals surface area (Å²) in [5.41, 5.74) is 2.73. The molecule has 2 bridgehead atoms. The second-order valence-electron chi connectivity index (χ2n) is 10.1. The molecular weight excluding hydrogens is 593 g/mol. The van der Waals surface area contributed by atoms with E-state index in [9.17, 15) is 18.8 Å². The molecular formula is C30H29ClFN7O5. The molecule has 0 spiro atoms. The molecule has 2 aromatic heterocycles. The Bertz CT molecular complexity index is 1730. The Labute approximate surface area is 256 Å². The molecule has 0 fully saturated rings. The quantitative estimate of drug-likeness (QED) is 0.263. The van der Waals surface area contributed by atoms with Crippen LogP contribution >= 0.6 is 11.6 Å². The van der Waals surface area contributed by atoms with Crippen molar-refractivity contribution in [2.24, 2.45) is 5.92 Å². The third-order valence-electron chi connectivity index (χ3n) is 7.24. The number of carbonyl (C=O) groups excluding carboxylic acids is 3.